The van der Waals surface area contributed by atoms with Gasteiger partial charge in [-0.25, -0.2) is 4.98 Å². The third kappa shape index (κ3) is 3.80. The Morgan fingerprint density at radius 3 is 2.75 bits per heavy atom. The van der Waals surface area contributed by atoms with Gasteiger partial charge in [0.15, 0.2) is 17.0 Å². The van der Waals surface area contributed by atoms with E-state index in [0.717, 1.165) is 22.5 Å². The first-order valence-electron chi connectivity index (χ1n) is 9.08. The van der Waals surface area contributed by atoms with Crippen molar-refractivity contribution in [3.05, 3.63) is 65.6 Å². The molecule has 1 aromatic carbocycles. The van der Waals surface area contributed by atoms with Crippen molar-refractivity contribution in [2.24, 2.45) is 0 Å². The Hall–Kier alpha value is -3.06. The quantitative estimate of drug-likeness (QED) is 0.433. The van der Waals surface area contributed by atoms with Crippen molar-refractivity contribution in [2.75, 3.05) is 10.6 Å². The summed E-state index contributed by atoms with van der Waals surface area (Å²) < 4.78 is 7.10. The maximum Gasteiger partial charge on any atom is 0.226 e. The summed E-state index contributed by atoms with van der Waals surface area (Å²) in [6.07, 6.45) is 5.18. The fourth-order valence-corrected chi connectivity index (χ4v) is 3.17. The number of nitrogens with zero attached hydrogens (tertiary/aromatic N) is 4. The van der Waals surface area contributed by atoms with Gasteiger partial charge in [-0.1, -0.05) is 18.2 Å². The average molecular weight is 397 g/mol. The van der Waals surface area contributed by atoms with E-state index in [4.69, 9.17) is 16.0 Å². The number of benzene rings is 1. The number of aromatic nitrogens is 4. The molecule has 0 saturated carbocycles. The maximum atomic E-state index is 6.15. The molecule has 0 spiro atoms. The molecule has 0 aliphatic carbocycles. The van der Waals surface area contributed by atoms with Gasteiger partial charge in [-0.15, -0.1) is 0 Å². The van der Waals surface area contributed by atoms with Crippen LogP contribution in [0.5, 0.6) is 0 Å². The predicted octanol–water partition coefficient (Wildman–Crippen LogP) is 4.88. The molecule has 3 heterocycles. The molecule has 0 saturated heterocycles. The molecule has 4 rings (SSSR count). The number of halogens is 1. The topological polar surface area (TPSA) is 80.8 Å². The van der Waals surface area contributed by atoms with E-state index in [1.807, 2.05) is 28.8 Å². The fraction of sp³-hybridized carbons (Fsp3) is 0.250. The molecule has 0 radical (unpaired) electrons. The van der Waals surface area contributed by atoms with Gasteiger partial charge < -0.3 is 19.6 Å². The van der Waals surface area contributed by atoms with Crippen LogP contribution in [0.25, 0.3) is 11.2 Å². The average Bonchev–Trinajstić information content (AvgIpc) is 3.34. The first-order valence-corrected chi connectivity index (χ1v) is 9.46. The van der Waals surface area contributed by atoms with Gasteiger partial charge in [-0.3, -0.25) is 0 Å². The summed E-state index contributed by atoms with van der Waals surface area (Å²) in [6, 6.07) is 10.3. The highest BCUT2D eigenvalue weighted by atomic mass is 35.5. The minimum atomic E-state index is 0.198. The fourth-order valence-electron chi connectivity index (χ4n) is 3.01. The number of imidazole rings is 1. The molecule has 0 bridgehead atoms. The van der Waals surface area contributed by atoms with Crippen molar-refractivity contribution in [3.8, 4) is 0 Å². The Labute approximate surface area is 167 Å². The van der Waals surface area contributed by atoms with Gasteiger partial charge >= 0.3 is 0 Å². The number of anilines is 2. The molecule has 7 nitrogen and oxygen atoms in total. The van der Waals surface area contributed by atoms with Crippen LogP contribution in [0.4, 0.5) is 11.5 Å². The molecule has 0 atom stereocenters. The zero-order valence-corrected chi connectivity index (χ0v) is 16.4. The SMILES string of the molecule is CC(C)n1cnc2c(NCc3ccccc3NCc3ccoc3)nc(Cl)nc21. The van der Waals surface area contributed by atoms with E-state index in [1.165, 1.54) is 0 Å². The van der Waals surface area contributed by atoms with Gasteiger partial charge in [0.1, 0.15) is 0 Å². The van der Waals surface area contributed by atoms with E-state index in [9.17, 15) is 0 Å². The van der Waals surface area contributed by atoms with E-state index in [1.54, 1.807) is 18.9 Å². The molecule has 0 aliphatic rings. The summed E-state index contributed by atoms with van der Waals surface area (Å²) in [5.41, 5.74) is 4.68. The number of rotatable bonds is 7. The van der Waals surface area contributed by atoms with Gasteiger partial charge in [0.2, 0.25) is 5.28 Å². The van der Waals surface area contributed by atoms with Gasteiger partial charge in [0, 0.05) is 30.4 Å². The van der Waals surface area contributed by atoms with E-state index in [0.29, 0.717) is 24.4 Å². The monoisotopic (exact) mass is 396 g/mol. The highest BCUT2D eigenvalue weighted by molar-refractivity contribution is 6.28. The lowest BCUT2D eigenvalue weighted by Crippen LogP contribution is -2.08. The van der Waals surface area contributed by atoms with Crippen LogP contribution in [-0.4, -0.2) is 19.5 Å². The van der Waals surface area contributed by atoms with Gasteiger partial charge in [0.05, 0.1) is 18.9 Å². The van der Waals surface area contributed by atoms with Crippen LogP contribution < -0.4 is 10.6 Å². The Balaban J connectivity index is 1.55. The zero-order chi connectivity index (χ0) is 19.5. The molecule has 0 unspecified atom stereocenters. The summed E-state index contributed by atoms with van der Waals surface area (Å²) in [5, 5.41) is 7.00. The van der Waals surface area contributed by atoms with Crippen molar-refractivity contribution in [3.63, 3.8) is 0 Å². The third-order valence-corrected chi connectivity index (χ3v) is 4.65. The van der Waals surface area contributed by atoms with Crippen LogP contribution in [0.2, 0.25) is 5.28 Å². The Kier molecular flexibility index (Phi) is 5.16. The number of nitrogens with one attached hydrogen (secondary N) is 2. The van der Waals surface area contributed by atoms with Gasteiger partial charge in [-0.2, -0.15) is 9.97 Å². The molecule has 28 heavy (non-hydrogen) atoms. The van der Waals surface area contributed by atoms with Crippen molar-refractivity contribution >= 4 is 34.3 Å². The van der Waals surface area contributed by atoms with Crippen LogP contribution in [0, 0.1) is 0 Å². The van der Waals surface area contributed by atoms with E-state index in [-0.39, 0.29) is 11.3 Å². The maximum absolute atomic E-state index is 6.15. The minimum Gasteiger partial charge on any atom is -0.472 e. The lowest BCUT2D eigenvalue weighted by Gasteiger charge is -2.13. The third-order valence-electron chi connectivity index (χ3n) is 4.48. The Morgan fingerprint density at radius 1 is 1.11 bits per heavy atom. The molecule has 0 fully saturated rings. The first-order chi connectivity index (χ1) is 13.6. The summed E-state index contributed by atoms with van der Waals surface area (Å²) in [5.74, 6) is 0.624. The van der Waals surface area contributed by atoms with Crippen LogP contribution in [0.3, 0.4) is 0 Å². The minimum absolute atomic E-state index is 0.198. The lowest BCUT2D eigenvalue weighted by atomic mass is 10.1. The molecule has 0 amide bonds. The standard InChI is InChI=1S/C20H21ClN6O/c1-13(2)27-12-24-17-18(25-20(21)26-19(17)27)23-10-15-5-3-4-6-16(15)22-9-14-7-8-28-11-14/h3-8,11-13,22H,9-10H2,1-2H3,(H,23,25,26). The van der Waals surface area contributed by atoms with Crippen molar-refractivity contribution < 1.29 is 4.42 Å². The van der Waals surface area contributed by atoms with Crippen molar-refractivity contribution in [1.29, 1.82) is 0 Å². The second-order valence-corrected chi connectivity index (χ2v) is 7.09. The summed E-state index contributed by atoms with van der Waals surface area (Å²) >= 11 is 6.15. The van der Waals surface area contributed by atoms with Crippen LogP contribution in [0.1, 0.15) is 31.0 Å². The highest BCUT2D eigenvalue weighted by Crippen LogP contribution is 2.25. The molecule has 3 aromatic heterocycles. The second-order valence-electron chi connectivity index (χ2n) is 6.75. The molecular weight excluding hydrogens is 376 g/mol. The van der Waals surface area contributed by atoms with Gasteiger partial charge in [0.25, 0.3) is 0 Å². The number of hydrogen-bond acceptors (Lipinski definition) is 6. The van der Waals surface area contributed by atoms with Crippen LogP contribution in [-0.2, 0) is 13.1 Å². The van der Waals surface area contributed by atoms with Crippen LogP contribution >= 0.6 is 11.6 Å². The van der Waals surface area contributed by atoms with E-state index >= 15 is 0 Å². The normalized spacial score (nSPS) is 11.3. The van der Waals surface area contributed by atoms with Crippen molar-refractivity contribution in [2.45, 2.75) is 33.0 Å². The second kappa shape index (κ2) is 7.90. The molecule has 4 aromatic rings. The number of fused-ring (bicyclic) bond motifs is 1. The van der Waals surface area contributed by atoms with E-state index in [2.05, 4.69) is 45.5 Å². The lowest BCUT2D eigenvalue weighted by molar-refractivity contribution is 0.564. The summed E-state index contributed by atoms with van der Waals surface area (Å²) in [6.45, 7) is 5.42. The number of furan rings is 1. The number of para-hydroxylation sites is 1. The van der Waals surface area contributed by atoms with Gasteiger partial charge in [-0.05, 0) is 43.1 Å². The van der Waals surface area contributed by atoms with Crippen molar-refractivity contribution in [1.82, 2.24) is 19.5 Å². The first kappa shape index (κ1) is 18.3. The molecule has 0 aliphatic heterocycles. The largest absolute Gasteiger partial charge is 0.472 e. The molecule has 144 valence electrons. The predicted molar refractivity (Wildman–Crippen MR) is 111 cm³/mol. The Morgan fingerprint density at radius 2 is 1.96 bits per heavy atom. The Bertz CT molecular complexity index is 1070. The smallest absolute Gasteiger partial charge is 0.226 e. The van der Waals surface area contributed by atoms with E-state index < -0.39 is 0 Å². The number of hydrogen-bond donors (Lipinski definition) is 2. The molecule has 2 N–H and O–H groups in total. The zero-order valence-electron chi connectivity index (χ0n) is 15.7. The highest BCUT2D eigenvalue weighted by Gasteiger charge is 2.14. The summed E-state index contributed by atoms with van der Waals surface area (Å²) in [4.78, 5) is 13.2. The summed E-state index contributed by atoms with van der Waals surface area (Å²) in [7, 11) is 0. The molecular formula is C20H21ClN6O. The molecule has 8 heteroatoms. The van der Waals surface area contributed by atoms with Crippen LogP contribution in [0.15, 0.2) is 53.6 Å².